The number of amides is 1. The molecule has 0 spiro atoms. The summed E-state index contributed by atoms with van der Waals surface area (Å²) in [5.41, 5.74) is 5.25. The van der Waals surface area contributed by atoms with Gasteiger partial charge in [0.1, 0.15) is 5.92 Å². The summed E-state index contributed by atoms with van der Waals surface area (Å²) in [7, 11) is 0. The molecule has 1 unspecified atom stereocenters. The number of para-hydroxylation sites is 1. The van der Waals surface area contributed by atoms with Crippen molar-refractivity contribution in [3.05, 3.63) is 64.7 Å². The largest absolute Gasteiger partial charge is 0.481 e. The van der Waals surface area contributed by atoms with Gasteiger partial charge in [0.05, 0.1) is 6.42 Å². The Kier molecular flexibility index (Phi) is 4.04. The molecule has 128 valence electrons. The number of hydrogen-bond donors (Lipinski definition) is 1. The van der Waals surface area contributed by atoms with Crippen molar-refractivity contribution in [2.75, 3.05) is 11.4 Å². The van der Waals surface area contributed by atoms with E-state index in [-0.39, 0.29) is 12.5 Å². The van der Waals surface area contributed by atoms with E-state index in [0.29, 0.717) is 6.42 Å². The van der Waals surface area contributed by atoms with Gasteiger partial charge in [-0.3, -0.25) is 9.59 Å². The molecule has 4 heteroatoms. The van der Waals surface area contributed by atoms with Crippen LogP contribution in [-0.2, 0) is 28.9 Å². The molecule has 2 aliphatic rings. The lowest BCUT2D eigenvalue weighted by Gasteiger charge is -2.19. The number of carbonyl (C=O) groups is 2. The lowest BCUT2D eigenvalue weighted by atomic mass is 9.90. The summed E-state index contributed by atoms with van der Waals surface area (Å²) < 4.78 is 0. The molecule has 2 aromatic rings. The van der Waals surface area contributed by atoms with Gasteiger partial charge in [0.25, 0.3) is 0 Å². The molecule has 1 aliphatic carbocycles. The number of benzene rings is 2. The Morgan fingerprint density at radius 2 is 1.80 bits per heavy atom. The van der Waals surface area contributed by atoms with Crippen LogP contribution in [0.1, 0.15) is 41.0 Å². The molecular formula is C21H21NO3. The summed E-state index contributed by atoms with van der Waals surface area (Å²) in [4.78, 5) is 26.0. The van der Waals surface area contributed by atoms with Crippen molar-refractivity contribution < 1.29 is 14.7 Å². The van der Waals surface area contributed by atoms with E-state index in [0.717, 1.165) is 29.7 Å². The fourth-order valence-electron chi connectivity index (χ4n) is 4.02. The molecule has 4 nitrogen and oxygen atoms in total. The van der Waals surface area contributed by atoms with Crippen molar-refractivity contribution >= 4 is 17.6 Å². The van der Waals surface area contributed by atoms with E-state index in [4.69, 9.17) is 0 Å². The highest BCUT2D eigenvalue weighted by atomic mass is 16.4. The molecule has 0 saturated carbocycles. The summed E-state index contributed by atoms with van der Waals surface area (Å²) >= 11 is 0. The summed E-state index contributed by atoms with van der Waals surface area (Å²) in [6.45, 7) is 0.221. The number of carboxylic acid groups (broad SMARTS) is 1. The van der Waals surface area contributed by atoms with E-state index in [2.05, 4.69) is 12.1 Å². The number of aryl methyl sites for hydroxylation is 2. The number of aliphatic carboxylic acids is 1. The third-order valence-electron chi connectivity index (χ3n) is 5.34. The second-order valence-corrected chi connectivity index (χ2v) is 6.94. The molecule has 0 radical (unpaired) electrons. The molecule has 1 atom stereocenters. The standard InChI is InChI=1S/C21H21NO3/c23-20(12-14-9-10-15-5-1-2-6-16(15)11-14)22-13-18(21(24)25)17-7-3-4-8-19(17)22/h3-4,7-11,18H,1-2,5-6,12-13H2,(H,24,25). The first kappa shape index (κ1) is 15.9. The minimum atomic E-state index is -0.878. The van der Waals surface area contributed by atoms with E-state index in [9.17, 15) is 14.7 Å². The molecular weight excluding hydrogens is 314 g/mol. The highest BCUT2D eigenvalue weighted by Gasteiger charge is 2.36. The molecule has 0 fully saturated rings. The van der Waals surface area contributed by atoms with Gasteiger partial charge < -0.3 is 10.0 Å². The van der Waals surface area contributed by atoms with Gasteiger partial charge in [-0.25, -0.2) is 0 Å². The molecule has 0 saturated heterocycles. The molecule has 25 heavy (non-hydrogen) atoms. The van der Waals surface area contributed by atoms with Crippen LogP contribution >= 0.6 is 0 Å². The zero-order valence-electron chi connectivity index (χ0n) is 14.1. The number of rotatable bonds is 3. The SMILES string of the molecule is O=C(O)C1CN(C(=O)Cc2ccc3c(c2)CCCC3)c2ccccc21. The number of carbonyl (C=O) groups excluding carboxylic acids is 1. The Balaban J connectivity index is 1.57. The van der Waals surface area contributed by atoms with Gasteiger partial charge >= 0.3 is 5.97 Å². The number of nitrogens with zero attached hydrogens (tertiary/aromatic N) is 1. The topological polar surface area (TPSA) is 57.6 Å². The van der Waals surface area contributed by atoms with Crippen LogP contribution < -0.4 is 4.90 Å². The summed E-state index contributed by atoms with van der Waals surface area (Å²) in [5.74, 6) is -1.55. The maximum Gasteiger partial charge on any atom is 0.312 e. The van der Waals surface area contributed by atoms with Crippen LogP contribution in [0, 0.1) is 0 Å². The summed E-state index contributed by atoms with van der Waals surface area (Å²) in [6.07, 6.45) is 4.99. The average molecular weight is 335 g/mol. The first-order chi connectivity index (χ1) is 12.1. The minimum Gasteiger partial charge on any atom is -0.481 e. The first-order valence-electron chi connectivity index (χ1n) is 8.86. The lowest BCUT2D eigenvalue weighted by Crippen LogP contribution is -2.32. The molecule has 0 aromatic heterocycles. The fraction of sp³-hybridized carbons (Fsp3) is 0.333. The molecule has 1 N–H and O–H groups in total. The van der Waals surface area contributed by atoms with Gasteiger partial charge in [0, 0.05) is 12.2 Å². The molecule has 0 bridgehead atoms. The Labute approximate surface area is 147 Å². The molecule has 1 heterocycles. The number of hydrogen-bond acceptors (Lipinski definition) is 2. The van der Waals surface area contributed by atoms with E-state index in [1.54, 1.807) is 11.0 Å². The second-order valence-electron chi connectivity index (χ2n) is 6.94. The maximum absolute atomic E-state index is 12.8. The van der Waals surface area contributed by atoms with E-state index >= 15 is 0 Å². The number of anilines is 1. The van der Waals surface area contributed by atoms with Crippen molar-refractivity contribution in [2.24, 2.45) is 0 Å². The lowest BCUT2D eigenvalue weighted by molar-refractivity contribution is -0.138. The van der Waals surface area contributed by atoms with Gasteiger partial charge in [-0.05, 0) is 54.0 Å². The first-order valence-corrected chi connectivity index (χ1v) is 8.86. The molecule has 1 amide bonds. The van der Waals surface area contributed by atoms with Crippen molar-refractivity contribution in [3.63, 3.8) is 0 Å². The summed E-state index contributed by atoms with van der Waals surface area (Å²) in [5, 5.41) is 9.44. The Morgan fingerprint density at radius 1 is 1.04 bits per heavy atom. The smallest absolute Gasteiger partial charge is 0.312 e. The van der Waals surface area contributed by atoms with E-state index in [1.807, 2.05) is 24.3 Å². The number of fused-ring (bicyclic) bond motifs is 2. The quantitative estimate of drug-likeness (QED) is 0.936. The zero-order valence-corrected chi connectivity index (χ0v) is 14.1. The van der Waals surface area contributed by atoms with E-state index < -0.39 is 11.9 Å². The van der Waals surface area contributed by atoms with Crippen LogP contribution in [0.4, 0.5) is 5.69 Å². The van der Waals surface area contributed by atoms with Crippen LogP contribution in [0.2, 0.25) is 0 Å². The molecule has 1 aliphatic heterocycles. The normalized spacial score (nSPS) is 18.6. The predicted octanol–water partition coefficient (Wildman–Crippen LogP) is 3.32. The average Bonchev–Trinajstić information content (AvgIpc) is 3.02. The highest BCUT2D eigenvalue weighted by Crippen LogP contribution is 2.36. The molecule has 2 aromatic carbocycles. The minimum absolute atomic E-state index is 0.0352. The third kappa shape index (κ3) is 2.93. The number of carboxylic acids is 1. The van der Waals surface area contributed by atoms with Crippen molar-refractivity contribution in [1.29, 1.82) is 0 Å². The maximum atomic E-state index is 12.8. The van der Waals surface area contributed by atoms with E-state index in [1.165, 1.54) is 24.0 Å². The monoisotopic (exact) mass is 335 g/mol. The highest BCUT2D eigenvalue weighted by molar-refractivity contribution is 5.99. The zero-order chi connectivity index (χ0) is 17.4. The van der Waals surface area contributed by atoms with Crippen molar-refractivity contribution in [1.82, 2.24) is 0 Å². The van der Waals surface area contributed by atoms with Gasteiger partial charge in [-0.15, -0.1) is 0 Å². The van der Waals surface area contributed by atoms with Crippen LogP contribution in [0.5, 0.6) is 0 Å². The Morgan fingerprint density at radius 3 is 2.60 bits per heavy atom. The Hall–Kier alpha value is -2.62. The van der Waals surface area contributed by atoms with Gasteiger partial charge in [0.15, 0.2) is 0 Å². The van der Waals surface area contributed by atoms with Gasteiger partial charge in [-0.1, -0.05) is 36.4 Å². The van der Waals surface area contributed by atoms with Gasteiger partial charge in [0.2, 0.25) is 5.91 Å². The Bertz CT molecular complexity index is 843. The van der Waals surface area contributed by atoms with Crippen LogP contribution in [-0.4, -0.2) is 23.5 Å². The van der Waals surface area contributed by atoms with Crippen LogP contribution in [0.15, 0.2) is 42.5 Å². The van der Waals surface area contributed by atoms with Crippen molar-refractivity contribution in [3.8, 4) is 0 Å². The summed E-state index contributed by atoms with van der Waals surface area (Å²) in [6, 6.07) is 13.7. The molecule has 4 rings (SSSR count). The fourth-order valence-corrected chi connectivity index (χ4v) is 4.02. The van der Waals surface area contributed by atoms with Crippen LogP contribution in [0.25, 0.3) is 0 Å². The van der Waals surface area contributed by atoms with Crippen molar-refractivity contribution in [2.45, 2.75) is 38.0 Å². The third-order valence-corrected chi connectivity index (χ3v) is 5.34. The van der Waals surface area contributed by atoms with Gasteiger partial charge in [-0.2, -0.15) is 0 Å². The van der Waals surface area contributed by atoms with Crippen LogP contribution in [0.3, 0.4) is 0 Å². The second kappa shape index (κ2) is 6.36. The predicted molar refractivity (Wildman–Crippen MR) is 96.0 cm³/mol.